The van der Waals surface area contributed by atoms with Crippen LogP contribution >= 0.6 is 0 Å². The van der Waals surface area contributed by atoms with Gasteiger partial charge in [-0.2, -0.15) is 10.1 Å². The molecule has 19 heavy (non-hydrogen) atoms. The molecule has 0 aromatic carbocycles. The first-order chi connectivity index (χ1) is 9.29. The van der Waals surface area contributed by atoms with Gasteiger partial charge in [0.1, 0.15) is 0 Å². The molecule has 2 amide bonds. The van der Waals surface area contributed by atoms with E-state index in [-0.39, 0.29) is 12.1 Å². The number of carbonyl (C=O) groups excluding carboxylic acids is 1. The number of nitrogens with one attached hydrogen (secondary N) is 1. The lowest BCUT2D eigenvalue weighted by Crippen LogP contribution is -2.23. The van der Waals surface area contributed by atoms with Crippen LogP contribution in [-0.2, 0) is 0 Å². The average Bonchev–Trinajstić information content (AvgIpc) is 2.47. The predicted octanol–water partition coefficient (Wildman–Crippen LogP) is 1.96. The molecule has 1 N–H and O–H groups in total. The van der Waals surface area contributed by atoms with E-state index < -0.39 is 0 Å². The van der Waals surface area contributed by atoms with Crippen molar-refractivity contribution in [1.29, 1.82) is 0 Å². The third kappa shape index (κ3) is 3.91. The smallest absolute Gasteiger partial charge is 0.336 e. The van der Waals surface area contributed by atoms with Crippen LogP contribution in [0.25, 0.3) is 0 Å². The highest BCUT2D eigenvalue weighted by atomic mass is 16.2. The molecule has 0 fully saturated rings. The van der Waals surface area contributed by atoms with E-state index in [2.05, 4.69) is 39.7 Å². The van der Waals surface area contributed by atoms with E-state index in [4.69, 9.17) is 0 Å². The Bertz CT molecular complexity index is 524. The minimum atomic E-state index is -0.321. The molecule has 0 saturated carbocycles. The molecule has 1 heterocycles. The van der Waals surface area contributed by atoms with Crippen molar-refractivity contribution in [1.82, 2.24) is 15.1 Å². The Balaban J connectivity index is 2.07. The molecule has 0 saturated heterocycles. The monoisotopic (exact) mass is 258 g/mol. The summed E-state index contributed by atoms with van der Waals surface area (Å²) in [6.45, 7) is 2.64. The summed E-state index contributed by atoms with van der Waals surface area (Å²) in [7, 11) is 0. The average molecular weight is 258 g/mol. The molecular formula is C14H18N4O. The van der Waals surface area contributed by atoms with Crippen molar-refractivity contribution < 1.29 is 4.79 Å². The van der Waals surface area contributed by atoms with Gasteiger partial charge in [-0.05, 0) is 18.9 Å². The summed E-state index contributed by atoms with van der Waals surface area (Å²) >= 11 is 0. The predicted molar refractivity (Wildman–Crippen MR) is 73.4 cm³/mol. The summed E-state index contributed by atoms with van der Waals surface area (Å²) in [5, 5.41) is 7.54. The number of amides is 2. The van der Waals surface area contributed by atoms with E-state index in [0.717, 1.165) is 12.8 Å². The van der Waals surface area contributed by atoms with Crippen molar-refractivity contribution in [2.45, 2.75) is 25.8 Å². The third-order valence-corrected chi connectivity index (χ3v) is 2.72. The second-order valence-electron chi connectivity index (χ2n) is 4.29. The van der Waals surface area contributed by atoms with E-state index in [1.54, 1.807) is 12.3 Å². The number of nitrogens with zero attached hydrogens (tertiary/aromatic N) is 3. The minimum Gasteiger partial charge on any atom is -0.336 e. The van der Waals surface area contributed by atoms with Gasteiger partial charge in [-0.3, -0.25) is 4.68 Å². The van der Waals surface area contributed by atoms with Crippen LogP contribution in [-0.4, -0.2) is 22.4 Å². The number of urea groups is 1. The van der Waals surface area contributed by atoms with Crippen LogP contribution in [0.4, 0.5) is 4.79 Å². The SMILES string of the molecule is CCCNC(=O)N=c1ccn(C2C=CCC=C2)nc1. The van der Waals surface area contributed by atoms with Crippen LogP contribution < -0.4 is 10.7 Å². The molecule has 1 aliphatic rings. The number of aromatic nitrogens is 2. The standard InChI is InChI=1S/C14H18N4O/c1-2-9-15-14(19)17-12-8-10-18(16-11-12)13-6-4-3-5-7-13/h4-8,10-11,13H,2-3,9H2,1H3,(H,15,19). The highest BCUT2D eigenvalue weighted by Gasteiger charge is 2.04. The van der Waals surface area contributed by atoms with Gasteiger partial charge in [0.15, 0.2) is 0 Å². The molecular weight excluding hydrogens is 240 g/mol. The zero-order valence-corrected chi connectivity index (χ0v) is 11.0. The van der Waals surface area contributed by atoms with Crippen LogP contribution in [0.1, 0.15) is 25.8 Å². The summed E-state index contributed by atoms with van der Waals surface area (Å²) in [4.78, 5) is 15.3. The molecule has 0 radical (unpaired) electrons. The Hall–Kier alpha value is -2.17. The third-order valence-electron chi connectivity index (χ3n) is 2.72. The number of hydrogen-bond donors (Lipinski definition) is 1. The van der Waals surface area contributed by atoms with Gasteiger partial charge in [0, 0.05) is 12.7 Å². The van der Waals surface area contributed by atoms with E-state index in [1.165, 1.54) is 0 Å². The zero-order chi connectivity index (χ0) is 13.5. The van der Waals surface area contributed by atoms with Crippen molar-refractivity contribution in [3.05, 3.63) is 48.1 Å². The van der Waals surface area contributed by atoms with Crippen LogP contribution in [0.3, 0.4) is 0 Å². The van der Waals surface area contributed by atoms with Crippen molar-refractivity contribution in [2.75, 3.05) is 6.54 Å². The molecule has 0 atom stereocenters. The Labute approximate surface area is 112 Å². The number of allylic oxidation sites excluding steroid dienone is 4. The van der Waals surface area contributed by atoms with E-state index in [9.17, 15) is 4.79 Å². The fraction of sp³-hybridized carbons (Fsp3) is 0.357. The molecule has 1 aromatic rings. The Morgan fingerprint density at radius 2 is 2.32 bits per heavy atom. The summed E-state index contributed by atoms with van der Waals surface area (Å²) in [6.07, 6.45) is 13.7. The lowest BCUT2D eigenvalue weighted by atomic mass is 10.1. The van der Waals surface area contributed by atoms with E-state index in [0.29, 0.717) is 11.9 Å². The first-order valence-corrected chi connectivity index (χ1v) is 6.50. The summed E-state index contributed by atoms with van der Waals surface area (Å²) in [5.41, 5.74) is 0. The van der Waals surface area contributed by atoms with Crippen LogP contribution in [0.2, 0.25) is 0 Å². The molecule has 0 unspecified atom stereocenters. The van der Waals surface area contributed by atoms with Crippen LogP contribution in [0.5, 0.6) is 0 Å². The van der Waals surface area contributed by atoms with Gasteiger partial charge in [-0.15, -0.1) is 0 Å². The number of carbonyl (C=O) groups is 1. The molecule has 5 heteroatoms. The molecule has 5 nitrogen and oxygen atoms in total. The van der Waals surface area contributed by atoms with Crippen molar-refractivity contribution in [3.63, 3.8) is 0 Å². The van der Waals surface area contributed by atoms with E-state index in [1.807, 2.05) is 17.8 Å². The summed E-state index contributed by atoms with van der Waals surface area (Å²) in [6, 6.07) is 1.62. The van der Waals surface area contributed by atoms with Crippen LogP contribution in [0.15, 0.2) is 47.8 Å². The van der Waals surface area contributed by atoms with Crippen molar-refractivity contribution in [3.8, 4) is 0 Å². The van der Waals surface area contributed by atoms with Gasteiger partial charge >= 0.3 is 6.03 Å². The molecule has 2 rings (SSSR count). The van der Waals surface area contributed by atoms with Gasteiger partial charge in [-0.25, -0.2) is 4.79 Å². The van der Waals surface area contributed by atoms with E-state index >= 15 is 0 Å². The first kappa shape index (κ1) is 13.3. The van der Waals surface area contributed by atoms with Crippen molar-refractivity contribution in [2.24, 2.45) is 4.99 Å². The molecule has 0 aliphatic heterocycles. The topological polar surface area (TPSA) is 59.3 Å². The lowest BCUT2D eigenvalue weighted by molar-refractivity contribution is 0.248. The highest BCUT2D eigenvalue weighted by Crippen LogP contribution is 2.12. The molecule has 0 bridgehead atoms. The second-order valence-corrected chi connectivity index (χ2v) is 4.29. The molecule has 0 spiro atoms. The maximum absolute atomic E-state index is 11.4. The maximum Gasteiger partial charge on any atom is 0.341 e. The van der Waals surface area contributed by atoms with Gasteiger partial charge in [0.2, 0.25) is 0 Å². The highest BCUT2D eigenvalue weighted by molar-refractivity contribution is 5.74. The largest absolute Gasteiger partial charge is 0.341 e. The number of rotatable bonds is 3. The molecule has 100 valence electrons. The van der Waals surface area contributed by atoms with Crippen molar-refractivity contribution >= 4 is 6.03 Å². The summed E-state index contributed by atoms with van der Waals surface area (Å²) < 4.78 is 1.83. The van der Waals surface area contributed by atoms with Crippen LogP contribution in [0, 0.1) is 0 Å². The normalized spacial score (nSPS) is 15.7. The fourth-order valence-corrected chi connectivity index (χ4v) is 1.75. The van der Waals surface area contributed by atoms with Gasteiger partial charge in [0.25, 0.3) is 0 Å². The van der Waals surface area contributed by atoms with Gasteiger partial charge in [0.05, 0.1) is 17.6 Å². The minimum absolute atomic E-state index is 0.150. The Morgan fingerprint density at radius 3 is 2.95 bits per heavy atom. The Kier molecular flexibility index (Phi) is 4.66. The quantitative estimate of drug-likeness (QED) is 0.842. The summed E-state index contributed by atoms with van der Waals surface area (Å²) in [5.74, 6) is 0. The second kappa shape index (κ2) is 6.68. The van der Waals surface area contributed by atoms with Gasteiger partial charge < -0.3 is 5.32 Å². The van der Waals surface area contributed by atoms with Gasteiger partial charge in [-0.1, -0.05) is 31.2 Å². The fourth-order valence-electron chi connectivity index (χ4n) is 1.75. The lowest BCUT2D eigenvalue weighted by Gasteiger charge is -2.13. The molecule has 1 aromatic heterocycles. The maximum atomic E-state index is 11.4. The Morgan fingerprint density at radius 1 is 1.53 bits per heavy atom. The number of hydrogen-bond acceptors (Lipinski definition) is 2. The zero-order valence-electron chi connectivity index (χ0n) is 11.0. The first-order valence-electron chi connectivity index (χ1n) is 6.50. The molecule has 1 aliphatic carbocycles.